The van der Waals surface area contributed by atoms with Crippen LogP contribution in [0, 0.1) is 10.8 Å². The number of hydrogen-bond acceptors (Lipinski definition) is 4. The zero-order valence-corrected chi connectivity index (χ0v) is 18.4. The molecule has 0 bridgehead atoms. The third-order valence-electron chi connectivity index (χ3n) is 2.98. The fraction of sp³-hybridized carbons (Fsp3) is 0.895. The standard InChI is InChI=1S/C19H36O2S2/c1-16(2,3)12-18(7,8)22-14(20)11-15(21)23-19(9,10)13-17(4,5)6/h11-13H2,1-10H3. The summed E-state index contributed by atoms with van der Waals surface area (Å²) in [5, 5.41) is -0.0217. The average Bonchev–Trinajstić information content (AvgIpc) is 2.03. The Morgan fingerprint density at radius 3 is 1.09 bits per heavy atom. The zero-order valence-electron chi connectivity index (χ0n) is 16.8. The van der Waals surface area contributed by atoms with Crippen LogP contribution in [0.25, 0.3) is 0 Å². The molecule has 4 heteroatoms. The van der Waals surface area contributed by atoms with Crippen molar-refractivity contribution in [3.63, 3.8) is 0 Å². The van der Waals surface area contributed by atoms with E-state index in [4.69, 9.17) is 0 Å². The normalized spacial score (nSPS) is 14.0. The molecule has 0 aliphatic carbocycles. The van der Waals surface area contributed by atoms with Crippen LogP contribution < -0.4 is 0 Å². The second-order valence-electron chi connectivity index (χ2n) is 10.1. The Kier molecular flexibility index (Phi) is 7.96. The molecule has 0 radical (unpaired) electrons. The summed E-state index contributed by atoms with van der Waals surface area (Å²) >= 11 is 2.65. The molecule has 23 heavy (non-hydrogen) atoms. The fourth-order valence-electron chi connectivity index (χ4n) is 3.43. The smallest absolute Gasteiger partial charge is 0.197 e. The van der Waals surface area contributed by atoms with Gasteiger partial charge in [-0.15, -0.1) is 0 Å². The van der Waals surface area contributed by atoms with E-state index in [1.807, 2.05) is 0 Å². The minimum atomic E-state index is -0.138. The van der Waals surface area contributed by atoms with Gasteiger partial charge in [0.05, 0.1) is 6.42 Å². The van der Waals surface area contributed by atoms with E-state index in [0.29, 0.717) is 0 Å². The minimum absolute atomic E-state index is 0.0108. The van der Waals surface area contributed by atoms with Gasteiger partial charge in [-0.05, 0) is 23.7 Å². The number of rotatable bonds is 6. The summed E-state index contributed by atoms with van der Waals surface area (Å²) in [7, 11) is 0. The van der Waals surface area contributed by atoms with Crippen LogP contribution >= 0.6 is 23.5 Å². The Hall–Kier alpha value is 0.0400. The minimum Gasteiger partial charge on any atom is -0.287 e. The molecule has 0 fully saturated rings. The average molecular weight is 361 g/mol. The molecule has 2 nitrogen and oxygen atoms in total. The van der Waals surface area contributed by atoms with E-state index in [1.165, 1.54) is 23.5 Å². The first-order chi connectivity index (χ1) is 9.91. The molecule has 0 N–H and O–H groups in total. The third kappa shape index (κ3) is 13.1. The predicted molar refractivity (Wildman–Crippen MR) is 106 cm³/mol. The highest BCUT2D eigenvalue weighted by Crippen LogP contribution is 2.40. The van der Waals surface area contributed by atoms with Crippen LogP contribution in [0.3, 0.4) is 0 Å². The second kappa shape index (κ2) is 7.95. The molecule has 0 aromatic heterocycles. The second-order valence-corrected chi connectivity index (χ2v) is 13.6. The Morgan fingerprint density at radius 2 is 0.870 bits per heavy atom. The van der Waals surface area contributed by atoms with Gasteiger partial charge in [0.2, 0.25) is 0 Å². The number of hydrogen-bond donors (Lipinski definition) is 0. The van der Waals surface area contributed by atoms with Crippen LogP contribution in [-0.4, -0.2) is 19.7 Å². The highest BCUT2D eigenvalue weighted by atomic mass is 32.2. The summed E-state index contributed by atoms with van der Waals surface area (Å²) in [5.41, 5.74) is 0.342. The van der Waals surface area contributed by atoms with Crippen LogP contribution in [0.4, 0.5) is 0 Å². The Labute approximate surface area is 152 Å². The van der Waals surface area contributed by atoms with E-state index in [9.17, 15) is 9.59 Å². The van der Waals surface area contributed by atoms with E-state index in [0.717, 1.165) is 12.8 Å². The largest absolute Gasteiger partial charge is 0.287 e. The zero-order chi connectivity index (χ0) is 18.7. The number of thioether (sulfide) groups is 2. The SMILES string of the molecule is CC(C)(C)CC(C)(C)SC(=O)CC(=O)SC(C)(C)CC(C)(C)C. The van der Waals surface area contributed by atoms with Crippen molar-refractivity contribution in [1.82, 2.24) is 0 Å². The van der Waals surface area contributed by atoms with E-state index < -0.39 is 0 Å². The summed E-state index contributed by atoms with van der Waals surface area (Å²) < 4.78 is -0.275. The van der Waals surface area contributed by atoms with Crippen molar-refractivity contribution in [3.05, 3.63) is 0 Å². The van der Waals surface area contributed by atoms with Crippen molar-refractivity contribution in [2.75, 3.05) is 0 Å². The molecule has 0 amide bonds. The van der Waals surface area contributed by atoms with Gasteiger partial charge in [0, 0.05) is 9.49 Å². The van der Waals surface area contributed by atoms with Crippen molar-refractivity contribution in [1.29, 1.82) is 0 Å². The summed E-state index contributed by atoms with van der Waals surface area (Å²) in [5.74, 6) is 0. The maximum atomic E-state index is 12.3. The summed E-state index contributed by atoms with van der Waals surface area (Å²) in [4.78, 5) is 24.5. The van der Waals surface area contributed by atoms with Gasteiger partial charge >= 0.3 is 0 Å². The molecule has 0 heterocycles. The van der Waals surface area contributed by atoms with Crippen molar-refractivity contribution in [2.45, 2.75) is 98.0 Å². The van der Waals surface area contributed by atoms with Gasteiger partial charge in [-0.1, -0.05) is 92.8 Å². The van der Waals surface area contributed by atoms with E-state index in [-0.39, 0.29) is 37.0 Å². The molecule has 0 aliphatic heterocycles. The highest BCUT2D eigenvalue weighted by molar-refractivity contribution is 8.16. The Bertz CT molecular complexity index is 384. The van der Waals surface area contributed by atoms with E-state index in [1.54, 1.807) is 0 Å². The first-order valence-electron chi connectivity index (χ1n) is 8.35. The molecule has 0 aromatic rings. The molecule has 0 saturated carbocycles. The van der Waals surface area contributed by atoms with Crippen LogP contribution in [0.15, 0.2) is 0 Å². The molecule has 0 spiro atoms. The van der Waals surface area contributed by atoms with E-state index in [2.05, 4.69) is 69.2 Å². The molecule has 0 aliphatic rings. The van der Waals surface area contributed by atoms with Crippen LogP contribution in [0.2, 0.25) is 0 Å². The summed E-state index contributed by atoms with van der Waals surface area (Å²) in [6.45, 7) is 21.4. The molecule has 0 aromatic carbocycles. The quantitative estimate of drug-likeness (QED) is 0.519. The molecule has 136 valence electrons. The van der Waals surface area contributed by atoms with Gasteiger partial charge in [-0.2, -0.15) is 0 Å². The van der Waals surface area contributed by atoms with Gasteiger partial charge in [0.1, 0.15) is 0 Å². The Balaban J connectivity index is 4.54. The monoisotopic (exact) mass is 360 g/mol. The lowest BCUT2D eigenvalue weighted by Crippen LogP contribution is -2.27. The number of carbonyl (C=O) groups is 2. The molecule has 0 saturated heterocycles. The maximum Gasteiger partial charge on any atom is 0.197 e. The van der Waals surface area contributed by atoms with Gasteiger partial charge in [0.15, 0.2) is 10.2 Å². The molecule has 0 atom stereocenters. The summed E-state index contributed by atoms with van der Waals surface area (Å²) in [6.07, 6.45) is 1.90. The van der Waals surface area contributed by atoms with Crippen molar-refractivity contribution < 1.29 is 9.59 Å². The highest BCUT2D eigenvalue weighted by Gasteiger charge is 2.32. The third-order valence-corrected chi connectivity index (χ3v) is 5.12. The lowest BCUT2D eigenvalue weighted by Gasteiger charge is -2.32. The molecule has 0 rings (SSSR count). The first-order valence-corrected chi connectivity index (χ1v) is 9.98. The van der Waals surface area contributed by atoms with Crippen molar-refractivity contribution in [3.8, 4) is 0 Å². The van der Waals surface area contributed by atoms with E-state index >= 15 is 0 Å². The van der Waals surface area contributed by atoms with Crippen molar-refractivity contribution in [2.24, 2.45) is 10.8 Å². The molecular weight excluding hydrogens is 324 g/mol. The van der Waals surface area contributed by atoms with Gasteiger partial charge in [-0.25, -0.2) is 0 Å². The fourth-order valence-corrected chi connectivity index (χ4v) is 6.17. The molecule has 0 unspecified atom stereocenters. The van der Waals surface area contributed by atoms with Gasteiger partial charge in [-0.3, -0.25) is 9.59 Å². The van der Waals surface area contributed by atoms with Crippen LogP contribution in [0.5, 0.6) is 0 Å². The van der Waals surface area contributed by atoms with Gasteiger partial charge < -0.3 is 0 Å². The first kappa shape index (κ1) is 23.0. The maximum absolute atomic E-state index is 12.3. The van der Waals surface area contributed by atoms with Gasteiger partial charge in [0.25, 0.3) is 0 Å². The van der Waals surface area contributed by atoms with Crippen LogP contribution in [-0.2, 0) is 9.59 Å². The Morgan fingerprint density at radius 1 is 0.609 bits per heavy atom. The number of carbonyl (C=O) groups excluding carboxylic acids is 2. The lowest BCUT2D eigenvalue weighted by molar-refractivity contribution is -0.117. The lowest BCUT2D eigenvalue weighted by atomic mass is 9.86. The van der Waals surface area contributed by atoms with Crippen LogP contribution in [0.1, 0.15) is 88.5 Å². The summed E-state index contributed by atoms with van der Waals surface area (Å²) in [6, 6.07) is 0. The topological polar surface area (TPSA) is 34.1 Å². The van der Waals surface area contributed by atoms with Crippen molar-refractivity contribution >= 4 is 33.8 Å². The predicted octanol–water partition coefficient (Wildman–Crippen LogP) is 6.33. The molecular formula is C19H36O2S2.